The van der Waals surface area contributed by atoms with E-state index in [1.165, 1.54) is 38.0 Å². The molecule has 1 rings (SSSR count). The fourth-order valence-electron chi connectivity index (χ4n) is 1.41. The molecule has 2 nitrogen and oxygen atoms in total. The van der Waals surface area contributed by atoms with Gasteiger partial charge in [-0.15, -0.1) is 0 Å². The lowest BCUT2D eigenvalue weighted by Crippen LogP contribution is -2.32. The zero-order valence-corrected chi connectivity index (χ0v) is 7.18. The van der Waals surface area contributed by atoms with Gasteiger partial charge in [-0.1, -0.05) is 12.2 Å². The number of piperidine rings is 1. The topological polar surface area (TPSA) is 29.3 Å². The van der Waals surface area contributed by atoms with Gasteiger partial charge < -0.3 is 10.6 Å². The lowest BCUT2D eigenvalue weighted by molar-refractivity contribution is 0.255. The average Bonchev–Trinajstić information content (AvgIpc) is 2.04. The maximum Gasteiger partial charge on any atom is 0.00186 e. The smallest absolute Gasteiger partial charge is 0.00186 e. The molecule has 1 fully saturated rings. The predicted molar refractivity (Wildman–Crippen MR) is 48.5 cm³/mol. The van der Waals surface area contributed by atoms with Crippen LogP contribution in [0.2, 0.25) is 0 Å². The molecule has 0 spiro atoms. The van der Waals surface area contributed by atoms with Gasteiger partial charge in [0.05, 0.1) is 0 Å². The number of likely N-dealkylation sites (tertiary alicyclic amines) is 1. The van der Waals surface area contributed by atoms with E-state index in [2.05, 4.69) is 11.5 Å². The highest BCUT2D eigenvalue weighted by molar-refractivity contribution is 4.98. The summed E-state index contributed by atoms with van der Waals surface area (Å²) in [6, 6.07) is 0. The lowest BCUT2D eigenvalue weighted by atomic mass is 10.1. The van der Waals surface area contributed by atoms with Gasteiger partial charge in [-0.05, 0) is 32.4 Å². The van der Waals surface area contributed by atoms with E-state index in [4.69, 9.17) is 5.73 Å². The first kappa shape index (κ1) is 8.75. The van der Waals surface area contributed by atoms with Gasteiger partial charge in [0.2, 0.25) is 0 Å². The van der Waals surface area contributed by atoms with Crippen LogP contribution in [0.3, 0.4) is 0 Å². The van der Waals surface area contributed by atoms with Crippen LogP contribution in [0.1, 0.15) is 19.3 Å². The van der Waals surface area contributed by atoms with Gasteiger partial charge >= 0.3 is 0 Å². The summed E-state index contributed by atoms with van der Waals surface area (Å²) in [7, 11) is 0. The van der Waals surface area contributed by atoms with Gasteiger partial charge in [-0.2, -0.15) is 0 Å². The van der Waals surface area contributed by atoms with Gasteiger partial charge in [0.1, 0.15) is 0 Å². The third kappa shape index (κ3) is 3.04. The molecule has 0 bridgehead atoms. The molecule has 0 amide bonds. The van der Waals surface area contributed by atoms with E-state index in [1.807, 2.05) is 0 Å². The summed E-state index contributed by atoms with van der Waals surface area (Å²) in [6.45, 7) is 8.35. The van der Waals surface area contributed by atoms with Crippen LogP contribution >= 0.6 is 0 Å². The summed E-state index contributed by atoms with van der Waals surface area (Å²) in [5.74, 6) is 0. The number of nitrogens with zero attached hydrogens (tertiary/aromatic N) is 1. The van der Waals surface area contributed by atoms with Crippen molar-refractivity contribution in [3.05, 3.63) is 12.2 Å². The van der Waals surface area contributed by atoms with Crippen molar-refractivity contribution in [2.45, 2.75) is 19.3 Å². The first-order valence-electron chi connectivity index (χ1n) is 4.42. The number of hydrogen-bond donors (Lipinski definition) is 1. The zero-order chi connectivity index (χ0) is 8.10. The summed E-state index contributed by atoms with van der Waals surface area (Å²) in [6.07, 6.45) is 3.50. The van der Waals surface area contributed by atoms with Gasteiger partial charge in [0.15, 0.2) is 0 Å². The first-order chi connectivity index (χ1) is 5.33. The molecule has 0 aromatic rings. The molecule has 2 heteroatoms. The summed E-state index contributed by atoms with van der Waals surface area (Å²) in [5, 5.41) is 0. The summed E-state index contributed by atoms with van der Waals surface area (Å²) in [5.41, 5.74) is 6.84. The van der Waals surface area contributed by atoms with Crippen molar-refractivity contribution in [3.63, 3.8) is 0 Å². The minimum Gasteiger partial charge on any atom is -0.330 e. The minimum absolute atomic E-state index is 0.817. The Morgan fingerprint density at radius 2 is 2.00 bits per heavy atom. The Kier molecular flexibility index (Phi) is 3.60. The first-order valence-corrected chi connectivity index (χ1v) is 4.42. The second-order valence-electron chi connectivity index (χ2n) is 3.23. The van der Waals surface area contributed by atoms with Crippen molar-refractivity contribution in [1.82, 2.24) is 4.90 Å². The molecule has 0 aliphatic carbocycles. The molecule has 2 N–H and O–H groups in total. The quantitative estimate of drug-likeness (QED) is 0.614. The molecule has 0 saturated carbocycles. The maximum absolute atomic E-state index is 5.43. The molecule has 0 aromatic heterocycles. The van der Waals surface area contributed by atoms with Crippen molar-refractivity contribution in [2.75, 3.05) is 26.2 Å². The van der Waals surface area contributed by atoms with E-state index in [0.717, 1.165) is 13.0 Å². The van der Waals surface area contributed by atoms with Crippen LogP contribution in [-0.2, 0) is 0 Å². The highest BCUT2D eigenvalue weighted by atomic mass is 15.1. The Labute approximate surface area is 69.1 Å². The van der Waals surface area contributed by atoms with E-state index >= 15 is 0 Å². The van der Waals surface area contributed by atoms with Crippen molar-refractivity contribution >= 4 is 0 Å². The molecule has 1 saturated heterocycles. The Morgan fingerprint density at radius 1 is 1.36 bits per heavy atom. The standard InChI is InChI=1S/C9H18N2/c1-9-3-7-11(8-4-9)6-2-5-10/h1-8,10H2. The largest absolute Gasteiger partial charge is 0.330 e. The van der Waals surface area contributed by atoms with Crippen LogP contribution in [0.5, 0.6) is 0 Å². The highest BCUT2D eigenvalue weighted by Gasteiger charge is 2.10. The SMILES string of the molecule is C=C1CCN(CCCN)CC1. The molecule has 64 valence electrons. The van der Waals surface area contributed by atoms with Gasteiger partial charge in [-0.3, -0.25) is 0 Å². The molecule has 0 atom stereocenters. The summed E-state index contributed by atoms with van der Waals surface area (Å²) >= 11 is 0. The molecule has 1 aliphatic rings. The van der Waals surface area contributed by atoms with Crippen LogP contribution in [0.25, 0.3) is 0 Å². The maximum atomic E-state index is 5.43. The van der Waals surface area contributed by atoms with Crippen molar-refractivity contribution < 1.29 is 0 Å². The van der Waals surface area contributed by atoms with Crippen molar-refractivity contribution in [1.29, 1.82) is 0 Å². The Hall–Kier alpha value is -0.340. The highest BCUT2D eigenvalue weighted by Crippen LogP contribution is 2.13. The fourth-order valence-corrected chi connectivity index (χ4v) is 1.41. The molecular formula is C9H18N2. The van der Waals surface area contributed by atoms with E-state index in [0.29, 0.717) is 0 Å². The number of nitrogens with two attached hydrogens (primary N) is 1. The average molecular weight is 154 g/mol. The molecule has 1 heterocycles. The molecule has 1 aliphatic heterocycles. The Balaban J connectivity index is 2.12. The van der Waals surface area contributed by atoms with Crippen molar-refractivity contribution in [3.8, 4) is 0 Å². The number of hydrogen-bond acceptors (Lipinski definition) is 2. The third-order valence-electron chi connectivity index (χ3n) is 2.24. The van der Waals surface area contributed by atoms with Gasteiger partial charge in [-0.25, -0.2) is 0 Å². The van der Waals surface area contributed by atoms with E-state index in [-0.39, 0.29) is 0 Å². The van der Waals surface area contributed by atoms with Crippen molar-refractivity contribution in [2.24, 2.45) is 5.73 Å². The predicted octanol–water partition coefficient (Wildman–Crippen LogP) is 0.987. The monoisotopic (exact) mass is 154 g/mol. The second-order valence-corrected chi connectivity index (χ2v) is 3.23. The molecular weight excluding hydrogens is 136 g/mol. The third-order valence-corrected chi connectivity index (χ3v) is 2.24. The molecule has 0 aromatic carbocycles. The molecule has 11 heavy (non-hydrogen) atoms. The Bertz CT molecular complexity index is 122. The van der Waals surface area contributed by atoms with Crippen LogP contribution in [0.4, 0.5) is 0 Å². The molecule has 0 radical (unpaired) electrons. The minimum atomic E-state index is 0.817. The van der Waals surface area contributed by atoms with Gasteiger partial charge in [0.25, 0.3) is 0 Å². The second kappa shape index (κ2) is 4.52. The Morgan fingerprint density at radius 3 is 2.55 bits per heavy atom. The van der Waals surface area contributed by atoms with E-state index in [1.54, 1.807) is 0 Å². The number of rotatable bonds is 3. The van der Waals surface area contributed by atoms with Crippen LogP contribution in [0.15, 0.2) is 12.2 Å². The van der Waals surface area contributed by atoms with Crippen LogP contribution in [0, 0.1) is 0 Å². The fraction of sp³-hybridized carbons (Fsp3) is 0.778. The lowest BCUT2D eigenvalue weighted by Gasteiger charge is -2.27. The van der Waals surface area contributed by atoms with Crippen LogP contribution < -0.4 is 5.73 Å². The zero-order valence-electron chi connectivity index (χ0n) is 7.18. The van der Waals surface area contributed by atoms with E-state index in [9.17, 15) is 0 Å². The van der Waals surface area contributed by atoms with Gasteiger partial charge in [0, 0.05) is 13.1 Å². The summed E-state index contributed by atoms with van der Waals surface area (Å²) < 4.78 is 0. The normalized spacial score (nSPS) is 20.6. The molecule has 0 unspecified atom stereocenters. The van der Waals surface area contributed by atoms with Crippen LogP contribution in [-0.4, -0.2) is 31.1 Å². The summed E-state index contributed by atoms with van der Waals surface area (Å²) in [4.78, 5) is 2.47. The van der Waals surface area contributed by atoms with E-state index < -0.39 is 0 Å².